The van der Waals surface area contributed by atoms with Crippen molar-refractivity contribution in [3.63, 3.8) is 0 Å². The maximum atomic E-state index is 13.4. The zero-order valence-electron chi connectivity index (χ0n) is 16.3. The van der Waals surface area contributed by atoms with Crippen LogP contribution in [0.15, 0.2) is 29.1 Å². The molecule has 0 aliphatic carbocycles. The second kappa shape index (κ2) is 6.87. The smallest absolute Gasteiger partial charge is 0.264 e. The van der Waals surface area contributed by atoms with Gasteiger partial charge in [-0.2, -0.15) is 5.26 Å². The number of imidazole rings is 2. The molecule has 0 saturated carbocycles. The van der Waals surface area contributed by atoms with Crippen LogP contribution in [-0.4, -0.2) is 23.6 Å². The fraction of sp³-hybridized carbons (Fsp3) is 0.238. The standard InChI is InChI=1S/C21H19N5O2S/c1-4-24-17(20(28)25(5-2)21(24)29)10-13-12(3)14(11-22)18-23-15-8-6-7-9-16(15)26(18)19(13)27/h6-10,28H,4-5H2,1-3H3/b13-10-. The first-order valence-electron chi connectivity index (χ1n) is 9.32. The van der Waals surface area contributed by atoms with E-state index in [1.165, 1.54) is 4.40 Å². The molecule has 3 aromatic heterocycles. The van der Waals surface area contributed by atoms with Crippen LogP contribution in [0.5, 0.6) is 5.88 Å². The van der Waals surface area contributed by atoms with Crippen molar-refractivity contribution >= 4 is 35.0 Å². The topological polar surface area (TPSA) is 88.2 Å². The number of pyridine rings is 1. The highest BCUT2D eigenvalue weighted by Crippen LogP contribution is 2.22. The number of hydrogen-bond acceptors (Lipinski definition) is 5. The summed E-state index contributed by atoms with van der Waals surface area (Å²) < 4.78 is 5.33. The van der Waals surface area contributed by atoms with Crippen molar-refractivity contribution in [2.75, 3.05) is 0 Å². The minimum absolute atomic E-state index is 0.00671. The number of aromatic nitrogens is 4. The molecule has 0 fully saturated rings. The number of hydrogen-bond donors (Lipinski definition) is 1. The summed E-state index contributed by atoms with van der Waals surface area (Å²) in [6.07, 6.45) is 1.62. The second-order valence-corrected chi connectivity index (χ2v) is 7.08. The molecule has 0 bridgehead atoms. The van der Waals surface area contributed by atoms with Gasteiger partial charge in [0.2, 0.25) is 5.88 Å². The van der Waals surface area contributed by atoms with E-state index >= 15 is 0 Å². The minimum atomic E-state index is -0.289. The summed E-state index contributed by atoms with van der Waals surface area (Å²) in [5, 5.41) is 20.8. The monoisotopic (exact) mass is 405 g/mol. The number of nitrogens with zero attached hydrogens (tertiary/aromatic N) is 5. The van der Waals surface area contributed by atoms with Crippen molar-refractivity contribution in [1.29, 1.82) is 5.26 Å². The number of benzene rings is 1. The largest absolute Gasteiger partial charge is 0.493 e. The summed E-state index contributed by atoms with van der Waals surface area (Å²) in [6.45, 7) is 6.59. The molecule has 4 rings (SSSR count). The van der Waals surface area contributed by atoms with Gasteiger partial charge in [-0.05, 0) is 56.8 Å². The van der Waals surface area contributed by atoms with Crippen LogP contribution in [-0.2, 0) is 13.1 Å². The summed E-state index contributed by atoms with van der Waals surface area (Å²) in [4.78, 5) is 17.9. The third kappa shape index (κ3) is 2.58. The Bertz CT molecular complexity index is 1500. The molecule has 0 atom stereocenters. The molecule has 1 N–H and O–H groups in total. The number of para-hydroxylation sites is 2. The van der Waals surface area contributed by atoms with E-state index in [-0.39, 0.29) is 11.4 Å². The van der Waals surface area contributed by atoms with Crippen molar-refractivity contribution in [2.24, 2.45) is 0 Å². The minimum Gasteiger partial charge on any atom is -0.493 e. The predicted molar refractivity (Wildman–Crippen MR) is 113 cm³/mol. The Balaban J connectivity index is 2.22. The van der Waals surface area contributed by atoms with Gasteiger partial charge in [-0.3, -0.25) is 13.8 Å². The van der Waals surface area contributed by atoms with Crippen molar-refractivity contribution in [3.05, 3.63) is 61.4 Å². The molecule has 1 aromatic carbocycles. The highest BCUT2D eigenvalue weighted by molar-refractivity contribution is 7.71. The lowest BCUT2D eigenvalue weighted by molar-refractivity contribution is 0.419. The molecular formula is C21H19N5O2S. The average molecular weight is 405 g/mol. The lowest BCUT2D eigenvalue weighted by atomic mass is 10.1. The third-order valence-corrected chi connectivity index (χ3v) is 5.70. The van der Waals surface area contributed by atoms with E-state index in [2.05, 4.69) is 11.1 Å². The molecule has 29 heavy (non-hydrogen) atoms. The van der Waals surface area contributed by atoms with E-state index < -0.39 is 0 Å². The van der Waals surface area contributed by atoms with E-state index in [0.717, 1.165) is 0 Å². The van der Waals surface area contributed by atoms with Gasteiger partial charge in [-0.25, -0.2) is 4.98 Å². The van der Waals surface area contributed by atoms with Crippen molar-refractivity contribution in [2.45, 2.75) is 33.9 Å². The molecule has 3 heterocycles. The van der Waals surface area contributed by atoms with Gasteiger partial charge in [-0.1, -0.05) is 12.1 Å². The van der Waals surface area contributed by atoms with Crippen LogP contribution in [0.4, 0.5) is 0 Å². The first-order chi connectivity index (χ1) is 13.9. The van der Waals surface area contributed by atoms with Crippen LogP contribution in [0, 0.1) is 23.0 Å². The zero-order valence-corrected chi connectivity index (χ0v) is 17.1. The quantitative estimate of drug-likeness (QED) is 0.530. The van der Waals surface area contributed by atoms with E-state index in [1.54, 1.807) is 28.2 Å². The first-order valence-corrected chi connectivity index (χ1v) is 9.73. The molecule has 146 valence electrons. The Morgan fingerprint density at radius 2 is 1.93 bits per heavy atom. The van der Waals surface area contributed by atoms with Crippen molar-refractivity contribution in [3.8, 4) is 11.9 Å². The summed E-state index contributed by atoms with van der Waals surface area (Å²) in [5.74, 6) is 0.00671. The van der Waals surface area contributed by atoms with Crippen LogP contribution < -0.4 is 10.8 Å². The third-order valence-electron chi connectivity index (χ3n) is 5.26. The van der Waals surface area contributed by atoms with Crippen LogP contribution in [0.3, 0.4) is 0 Å². The summed E-state index contributed by atoms with van der Waals surface area (Å²) in [6, 6.07) is 9.46. The fourth-order valence-corrected chi connectivity index (χ4v) is 4.20. The molecule has 0 saturated heterocycles. The maximum absolute atomic E-state index is 13.4. The Morgan fingerprint density at radius 3 is 2.59 bits per heavy atom. The zero-order chi connectivity index (χ0) is 20.9. The molecule has 0 amide bonds. The van der Waals surface area contributed by atoms with Crippen molar-refractivity contribution < 1.29 is 5.11 Å². The fourth-order valence-electron chi connectivity index (χ4n) is 3.75. The Morgan fingerprint density at radius 1 is 1.24 bits per heavy atom. The summed E-state index contributed by atoms with van der Waals surface area (Å²) in [7, 11) is 0. The lowest BCUT2D eigenvalue weighted by Gasteiger charge is -2.04. The van der Waals surface area contributed by atoms with Crippen LogP contribution in [0.25, 0.3) is 22.8 Å². The van der Waals surface area contributed by atoms with Gasteiger partial charge in [0, 0.05) is 18.3 Å². The molecular weight excluding hydrogens is 386 g/mol. The molecule has 0 unspecified atom stereocenters. The molecule has 4 aromatic rings. The van der Waals surface area contributed by atoms with Gasteiger partial charge in [0.25, 0.3) is 5.56 Å². The Labute approximate surface area is 171 Å². The summed E-state index contributed by atoms with van der Waals surface area (Å²) >= 11 is 5.46. The van der Waals surface area contributed by atoms with Crippen LogP contribution >= 0.6 is 12.2 Å². The van der Waals surface area contributed by atoms with Gasteiger partial charge in [-0.15, -0.1) is 0 Å². The van der Waals surface area contributed by atoms with Gasteiger partial charge in [0.1, 0.15) is 11.8 Å². The normalized spacial score (nSPS) is 12.1. The highest BCUT2D eigenvalue weighted by atomic mass is 32.1. The number of fused-ring (bicyclic) bond motifs is 3. The summed E-state index contributed by atoms with van der Waals surface area (Å²) in [5.41, 5.74) is 2.65. The van der Waals surface area contributed by atoms with E-state index in [4.69, 9.17) is 12.2 Å². The number of rotatable bonds is 3. The lowest BCUT2D eigenvalue weighted by Crippen LogP contribution is -2.34. The van der Waals surface area contributed by atoms with E-state index in [1.807, 2.05) is 32.0 Å². The van der Waals surface area contributed by atoms with Crippen LogP contribution in [0.2, 0.25) is 0 Å². The Kier molecular flexibility index (Phi) is 4.47. The number of nitriles is 1. The van der Waals surface area contributed by atoms with Crippen molar-refractivity contribution in [1.82, 2.24) is 18.5 Å². The molecule has 0 spiro atoms. The molecule has 0 aliphatic heterocycles. The predicted octanol–water partition coefficient (Wildman–Crippen LogP) is 2.65. The number of aromatic hydroxyl groups is 1. The molecule has 8 heteroatoms. The van der Waals surface area contributed by atoms with E-state index in [9.17, 15) is 15.2 Å². The Hall–Kier alpha value is -3.44. The second-order valence-electron chi connectivity index (χ2n) is 6.71. The highest BCUT2D eigenvalue weighted by Gasteiger charge is 2.18. The van der Waals surface area contributed by atoms with Gasteiger partial charge in [0.05, 0.1) is 16.6 Å². The maximum Gasteiger partial charge on any atom is 0.264 e. The first kappa shape index (κ1) is 18.9. The van der Waals surface area contributed by atoms with Crippen LogP contribution in [0.1, 0.15) is 30.7 Å². The molecule has 7 nitrogen and oxygen atoms in total. The SMILES string of the molecule is CCn1c(O)c(/C=c2/c(C)c(C#N)c3nc4ccccc4n3c2=O)n(CC)c1=S. The van der Waals surface area contributed by atoms with Gasteiger partial charge in [0.15, 0.2) is 10.4 Å². The van der Waals surface area contributed by atoms with E-state index in [0.29, 0.717) is 56.6 Å². The average Bonchev–Trinajstić information content (AvgIpc) is 3.20. The molecule has 0 radical (unpaired) electrons. The van der Waals surface area contributed by atoms with Gasteiger partial charge < -0.3 is 9.67 Å². The van der Waals surface area contributed by atoms with Gasteiger partial charge >= 0.3 is 0 Å². The molecule has 0 aliphatic rings.